The lowest BCUT2D eigenvalue weighted by Gasteiger charge is -1.99. The van der Waals surface area contributed by atoms with Gasteiger partial charge in [0.2, 0.25) is 0 Å². The Hall–Kier alpha value is -2.26. The number of carboxylic acids is 1. The van der Waals surface area contributed by atoms with Gasteiger partial charge in [0.25, 0.3) is 5.91 Å². The molecule has 2 aromatic rings. The van der Waals surface area contributed by atoms with Crippen LogP contribution < -0.4 is 11.1 Å². The Balaban J connectivity index is 1.91. The van der Waals surface area contributed by atoms with Crippen LogP contribution >= 0.6 is 11.3 Å². The van der Waals surface area contributed by atoms with Crippen molar-refractivity contribution in [2.45, 2.75) is 13.1 Å². The summed E-state index contributed by atoms with van der Waals surface area (Å²) in [6.45, 7) is 1.23. The molecule has 0 aliphatic carbocycles. The number of thiazole rings is 1. The summed E-state index contributed by atoms with van der Waals surface area (Å²) >= 11 is 1.18. The third-order valence-corrected chi connectivity index (χ3v) is 3.27. The topological polar surface area (TPSA) is 123 Å². The maximum absolute atomic E-state index is 11.8. The molecule has 9 heteroatoms. The number of nitrogens with two attached hydrogens (primary N) is 1. The summed E-state index contributed by atoms with van der Waals surface area (Å²) in [7, 11) is 0. The zero-order valence-corrected chi connectivity index (χ0v) is 11.3. The summed E-state index contributed by atoms with van der Waals surface area (Å²) in [5.41, 5.74) is 5.67. The van der Waals surface area contributed by atoms with E-state index in [4.69, 9.17) is 10.8 Å². The third-order valence-electron chi connectivity index (χ3n) is 2.42. The molecule has 0 unspecified atom stereocenters. The molecule has 8 nitrogen and oxygen atoms in total. The summed E-state index contributed by atoms with van der Waals surface area (Å²) in [5, 5.41) is 13.3. The molecule has 0 spiro atoms. The Morgan fingerprint density at radius 3 is 2.90 bits per heavy atom. The predicted molar refractivity (Wildman–Crippen MR) is 71.5 cm³/mol. The molecule has 0 saturated heterocycles. The minimum atomic E-state index is -1.08. The molecule has 0 aromatic carbocycles. The second-order valence-corrected chi connectivity index (χ2v) is 4.84. The van der Waals surface area contributed by atoms with Crippen molar-refractivity contribution in [3.63, 3.8) is 0 Å². The summed E-state index contributed by atoms with van der Waals surface area (Å²) in [4.78, 5) is 30.3. The van der Waals surface area contributed by atoms with Gasteiger partial charge in [-0.05, 0) is 0 Å². The first-order valence-electron chi connectivity index (χ1n) is 5.78. The van der Waals surface area contributed by atoms with Gasteiger partial charge in [0.15, 0.2) is 5.69 Å². The lowest BCUT2D eigenvalue weighted by atomic mass is 10.4. The molecule has 4 N–H and O–H groups in total. The standard InChI is InChI=1S/C11H13N5O3S/c12-1-2-16-4-7(14-6-16)10(17)13-3-9-15-8(5-20-9)11(18)19/h4-6H,1-3,12H2,(H,13,17)(H,18,19). The minimum absolute atomic E-state index is 0.0218. The maximum Gasteiger partial charge on any atom is 0.355 e. The van der Waals surface area contributed by atoms with E-state index < -0.39 is 5.97 Å². The zero-order valence-electron chi connectivity index (χ0n) is 10.4. The minimum Gasteiger partial charge on any atom is -0.476 e. The third kappa shape index (κ3) is 3.39. The first-order chi connectivity index (χ1) is 9.60. The van der Waals surface area contributed by atoms with Crippen molar-refractivity contribution in [1.29, 1.82) is 0 Å². The number of amides is 1. The Morgan fingerprint density at radius 2 is 2.25 bits per heavy atom. The van der Waals surface area contributed by atoms with E-state index in [1.54, 1.807) is 10.8 Å². The number of aromatic nitrogens is 3. The quantitative estimate of drug-likeness (QED) is 0.685. The van der Waals surface area contributed by atoms with Crippen LogP contribution in [0.1, 0.15) is 26.0 Å². The molecule has 0 fully saturated rings. The monoisotopic (exact) mass is 295 g/mol. The number of nitrogens with zero attached hydrogens (tertiary/aromatic N) is 3. The maximum atomic E-state index is 11.8. The van der Waals surface area contributed by atoms with Crippen molar-refractivity contribution in [1.82, 2.24) is 19.9 Å². The molecule has 1 amide bonds. The van der Waals surface area contributed by atoms with Gasteiger partial charge in [-0.3, -0.25) is 4.79 Å². The lowest BCUT2D eigenvalue weighted by Crippen LogP contribution is -2.23. The molecule has 2 rings (SSSR count). The fourth-order valence-electron chi connectivity index (χ4n) is 1.49. The number of hydrogen-bond acceptors (Lipinski definition) is 6. The molecule has 0 aliphatic rings. The van der Waals surface area contributed by atoms with Crippen LogP contribution in [0.2, 0.25) is 0 Å². The summed E-state index contributed by atoms with van der Waals surface area (Å²) in [6.07, 6.45) is 3.14. The van der Waals surface area contributed by atoms with Crippen LogP contribution in [0.5, 0.6) is 0 Å². The van der Waals surface area contributed by atoms with E-state index in [0.29, 0.717) is 18.1 Å². The SMILES string of the molecule is NCCn1cnc(C(=O)NCc2nc(C(=O)O)cs2)c1. The van der Waals surface area contributed by atoms with Crippen LogP contribution in [0, 0.1) is 0 Å². The molecular formula is C11H13N5O3S. The molecule has 2 heterocycles. The van der Waals surface area contributed by atoms with E-state index in [1.807, 2.05) is 0 Å². The molecular weight excluding hydrogens is 282 g/mol. The lowest BCUT2D eigenvalue weighted by molar-refractivity contribution is 0.0691. The van der Waals surface area contributed by atoms with Crippen molar-refractivity contribution >= 4 is 23.2 Å². The number of rotatable bonds is 6. The second kappa shape index (κ2) is 6.26. The van der Waals surface area contributed by atoms with Gasteiger partial charge in [-0.25, -0.2) is 14.8 Å². The van der Waals surface area contributed by atoms with E-state index in [0.717, 1.165) is 0 Å². The van der Waals surface area contributed by atoms with Crippen molar-refractivity contribution in [2.24, 2.45) is 5.73 Å². The molecule has 0 aliphatic heterocycles. The van der Waals surface area contributed by atoms with Crippen LogP contribution in [-0.2, 0) is 13.1 Å². The highest BCUT2D eigenvalue weighted by Crippen LogP contribution is 2.09. The largest absolute Gasteiger partial charge is 0.476 e. The van der Waals surface area contributed by atoms with Gasteiger partial charge in [0.1, 0.15) is 10.7 Å². The molecule has 0 bridgehead atoms. The summed E-state index contributed by atoms with van der Waals surface area (Å²) in [5.74, 6) is -1.42. The smallest absolute Gasteiger partial charge is 0.355 e. The van der Waals surface area contributed by atoms with Gasteiger partial charge in [0.05, 0.1) is 12.9 Å². The first kappa shape index (κ1) is 14.2. The second-order valence-electron chi connectivity index (χ2n) is 3.90. The average molecular weight is 295 g/mol. The van der Waals surface area contributed by atoms with Crippen molar-refractivity contribution in [2.75, 3.05) is 6.54 Å². The van der Waals surface area contributed by atoms with Gasteiger partial charge in [-0.1, -0.05) is 0 Å². The number of carbonyl (C=O) groups excluding carboxylic acids is 1. The number of carboxylic acid groups (broad SMARTS) is 1. The average Bonchev–Trinajstić information content (AvgIpc) is 3.05. The fourth-order valence-corrected chi connectivity index (χ4v) is 2.19. The summed E-state index contributed by atoms with van der Waals surface area (Å²) < 4.78 is 1.72. The predicted octanol–water partition coefficient (Wildman–Crippen LogP) is -0.0735. The molecule has 0 atom stereocenters. The van der Waals surface area contributed by atoms with Gasteiger partial charge in [-0.15, -0.1) is 11.3 Å². The highest BCUT2D eigenvalue weighted by atomic mass is 32.1. The Morgan fingerprint density at radius 1 is 1.45 bits per heavy atom. The Labute approximate surface area is 118 Å². The Kier molecular flexibility index (Phi) is 4.43. The Bertz CT molecular complexity index is 621. The highest BCUT2D eigenvalue weighted by molar-refractivity contribution is 7.09. The van der Waals surface area contributed by atoms with E-state index in [-0.39, 0.29) is 23.8 Å². The number of hydrogen-bond donors (Lipinski definition) is 3. The molecule has 106 valence electrons. The number of aromatic carboxylic acids is 1. The van der Waals surface area contributed by atoms with E-state index in [1.165, 1.54) is 23.0 Å². The highest BCUT2D eigenvalue weighted by Gasteiger charge is 2.12. The van der Waals surface area contributed by atoms with Gasteiger partial charge in [0, 0.05) is 24.7 Å². The van der Waals surface area contributed by atoms with Crippen LogP contribution in [0.4, 0.5) is 0 Å². The number of carbonyl (C=O) groups is 2. The van der Waals surface area contributed by atoms with Crippen LogP contribution in [0.15, 0.2) is 17.9 Å². The summed E-state index contributed by atoms with van der Waals surface area (Å²) in [6, 6.07) is 0. The van der Waals surface area contributed by atoms with Gasteiger partial charge in [-0.2, -0.15) is 0 Å². The first-order valence-corrected chi connectivity index (χ1v) is 6.66. The van der Waals surface area contributed by atoms with Crippen LogP contribution in [0.25, 0.3) is 0 Å². The van der Waals surface area contributed by atoms with Gasteiger partial charge < -0.3 is 20.7 Å². The molecule has 0 radical (unpaired) electrons. The van der Waals surface area contributed by atoms with Crippen LogP contribution in [-0.4, -0.2) is 38.1 Å². The van der Waals surface area contributed by atoms with Gasteiger partial charge >= 0.3 is 5.97 Å². The zero-order chi connectivity index (χ0) is 14.5. The fraction of sp³-hybridized carbons (Fsp3) is 0.273. The number of imidazole rings is 1. The van der Waals surface area contributed by atoms with Crippen molar-refractivity contribution in [3.05, 3.63) is 34.3 Å². The van der Waals surface area contributed by atoms with E-state index in [9.17, 15) is 9.59 Å². The molecule has 2 aromatic heterocycles. The molecule has 0 saturated carbocycles. The van der Waals surface area contributed by atoms with Crippen LogP contribution in [0.3, 0.4) is 0 Å². The normalized spacial score (nSPS) is 10.4. The van der Waals surface area contributed by atoms with E-state index in [2.05, 4.69) is 15.3 Å². The number of nitrogens with one attached hydrogen (secondary N) is 1. The molecule has 20 heavy (non-hydrogen) atoms. The van der Waals surface area contributed by atoms with Crippen molar-refractivity contribution < 1.29 is 14.7 Å². The van der Waals surface area contributed by atoms with E-state index >= 15 is 0 Å². The van der Waals surface area contributed by atoms with Crippen molar-refractivity contribution in [3.8, 4) is 0 Å².